The first-order chi connectivity index (χ1) is 13.9. The van der Waals surface area contributed by atoms with Gasteiger partial charge in [-0.15, -0.1) is 0 Å². The molecule has 0 amide bonds. The molecule has 0 unspecified atom stereocenters. The van der Waals surface area contributed by atoms with Crippen LogP contribution in [0.25, 0.3) is 0 Å². The number of anilines is 1. The van der Waals surface area contributed by atoms with Crippen molar-refractivity contribution in [2.45, 2.75) is 19.2 Å². The lowest BCUT2D eigenvalue weighted by Gasteiger charge is -2.25. The second kappa shape index (κ2) is 9.69. The second-order valence-electron chi connectivity index (χ2n) is 7.15. The number of aliphatic hydroxyl groups is 1. The lowest BCUT2D eigenvalue weighted by molar-refractivity contribution is 0.105. The van der Waals surface area contributed by atoms with Gasteiger partial charge in [0, 0.05) is 25.3 Å². The number of hydrogen-bond donors (Lipinski definition) is 2. The third kappa shape index (κ3) is 7.02. The number of rotatable bonds is 9. The van der Waals surface area contributed by atoms with Gasteiger partial charge in [0.15, 0.2) is 0 Å². The van der Waals surface area contributed by atoms with Crippen LogP contribution in [0.5, 0.6) is 0 Å². The summed E-state index contributed by atoms with van der Waals surface area (Å²) >= 11 is 0. The van der Waals surface area contributed by atoms with Crippen molar-refractivity contribution in [2.24, 2.45) is 0 Å². The van der Waals surface area contributed by atoms with Crippen molar-refractivity contribution < 1.29 is 13.5 Å². The molecule has 0 saturated heterocycles. The van der Waals surface area contributed by atoms with Gasteiger partial charge in [-0.2, -0.15) is 0 Å². The van der Waals surface area contributed by atoms with E-state index in [9.17, 15) is 13.5 Å². The number of aliphatic hydroxyl groups excluding tert-OH is 1. The summed E-state index contributed by atoms with van der Waals surface area (Å²) < 4.78 is 25.1. The number of hydrogen-bond acceptors (Lipinski definition) is 4. The van der Waals surface area contributed by atoms with E-state index in [-0.39, 0.29) is 0 Å². The highest BCUT2D eigenvalue weighted by Gasteiger charge is 2.15. The first-order valence-electron chi connectivity index (χ1n) is 9.45. The van der Waals surface area contributed by atoms with Gasteiger partial charge in [-0.05, 0) is 28.8 Å². The molecule has 152 valence electrons. The van der Waals surface area contributed by atoms with Crippen LogP contribution in [0.2, 0.25) is 0 Å². The molecule has 1 atom stereocenters. The Bertz CT molecular complexity index is 950. The van der Waals surface area contributed by atoms with Crippen molar-refractivity contribution in [1.29, 1.82) is 0 Å². The summed E-state index contributed by atoms with van der Waals surface area (Å²) in [6, 6.07) is 27.2. The fraction of sp³-hybridized carbons (Fsp3) is 0.217. The van der Waals surface area contributed by atoms with E-state index in [0.717, 1.165) is 24.9 Å². The summed E-state index contributed by atoms with van der Waals surface area (Å²) in [5.74, 6) is 0. The van der Waals surface area contributed by atoms with Crippen molar-refractivity contribution in [3.05, 3.63) is 102 Å². The van der Waals surface area contributed by atoms with Crippen LogP contribution in [0, 0.1) is 0 Å². The van der Waals surface area contributed by atoms with Crippen LogP contribution in [0.1, 0.15) is 22.8 Å². The van der Waals surface area contributed by atoms with Crippen LogP contribution in [0.15, 0.2) is 84.9 Å². The summed E-state index contributed by atoms with van der Waals surface area (Å²) in [7, 11) is -3.32. The SMILES string of the molecule is CS(=O)(=O)Nc1ccc([C@H](O)CN(Cc2ccccc2)Cc2ccccc2)cc1. The van der Waals surface area contributed by atoms with E-state index in [1.54, 1.807) is 24.3 Å². The van der Waals surface area contributed by atoms with E-state index in [4.69, 9.17) is 0 Å². The summed E-state index contributed by atoms with van der Waals surface area (Å²) in [5.41, 5.74) is 3.59. The smallest absolute Gasteiger partial charge is 0.229 e. The van der Waals surface area contributed by atoms with Crippen LogP contribution in [0.4, 0.5) is 5.69 Å². The molecule has 0 aliphatic rings. The van der Waals surface area contributed by atoms with Crippen molar-refractivity contribution in [3.63, 3.8) is 0 Å². The molecule has 0 aliphatic carbocycles. The molecule has 0 saturated carbocycles. The molecule has 3 rings (SSSR count). The monoisotopic (exact) mass is 410 g/mol. The van der Waals surface area contributed by atoms with Crippen molar-refractivity contribution >= 4 is 15.7 Å². The minimum absolute atomic E-state index is 0.461. The Morgan fingerprint density at radius 3 is 1.76 bits per heavy atom. The van der Waals surface area contributed by atoms with Crippen LogP contribution < -0.4 is 4.72 Å². The van der Waals surface area contributed by atoms with Crippen LogP contribution in [0.3, 0.4) is 0 Å². The average molecular weight is 411 g/mol. The van der Waals surface area contributed by atoms with Gasteiger partial charge in [0.1, 0.15) is 0 Å². The van der Waals surface area contributed by atoms with Gasteiger partial charge in [-0.3, -0.25) is 9.62 Å². The molecular formula is C23H26N2O3S. The first kappa shape index (κ1) is 21.0. The normalized spacial score (nSPS) is 12.7. The van der Waals surface area contributed by atoms with Crippen LogP contribution >= 0.6 is 0 Å². The molecule has 29 heavy (non-hydrogen) atoms. The van der Waals surface area contributed by atoms with Crippen molar-refractivity contribution in [1.82, 2.24) is 4.90 Å². The molecule has 3 aromatic rings. The molecule has 0 aromatic heterocycles. The Balaban J connectivity index is 1.72. The summed E-state index contributed by atoms with van der Waals surface area (Å²) in [4.78, 5) is 2.21. The highest BCUT2D eigenvalue weighted by atomic mass is 32.2. The summed E-state index contributed by atoms with van der Waals surface area (Å²) in [6.07, 6.45) is 0.426. The number of benzene rings is 3. The minimum Gasteiger partial charge on any atom is -0.387 e. The van der Waals surface area contributed by atoms with E-state index < -0.39 is 16.1 Å². The Labute approximate surface area is 172 Å². The molecule has 5 nitrogen and oxygen atoms in total. The maximum Gasteiger partial charge on any atom is 0.229 e. The molecule has 2 N–H and O–H groups in total. The van der Waals surface area contributed by atoms with E-state index in [0.29, 0.717) is 12.2 Å². The fourth-order valence-electron chi connectivity index (χ4n) is 3.21. The standard InChI is InChI=1S/C23H26N2O3S/c1-29(27,28)24-22-14-12-21(13-15-22)23(26)18-25(16-19-8-4-2-5-9-19)17-20-10-6-3-7-11-20/h2-15,23-24,26H,16-18H2,1H3/t23-/m1/s1. The maximum atomic E-state index is 11.3. The lowest BCUT2D eigenvalue weighted by Crippen LogP contribution is -2.28. The highest BCUT2D eigenvalue weighted by molar-refractivity contribution is 7.92. The lowest BCUT2D eigenvalue weighted by atomic mass is 10.1. The third-order valence-electron chi connectivity index (χ3n) is 4.53. The molecule has 3 aromatic carbocycles. The Hall–Kier alpha value is -2.67. The number of nitrogens with one attached hydrogen (secondary N) is 1. The predicted molar refractivity (Wildman–Crippen MR) is 117 cm³/mol. The third-order valence-corrected chi connectivity index (χ3v) is 5.13. The van der Waals surface area contributed by atoms with E-state index in [1.165, 1.54) is 11.1 Å². The fourth-order valence-corrected chi connectivity index (χ4v) is 3.77. The minimum atomic E-state index is -3.32. The highest BCUT2D eigenvalue weighted by Crippen LogP contribution is 2.20. The van der Waals surface area contributed by atoms with Gasteiger partial charge < -0.3 is 5.11 Å². The second-order valence-corrected chi connectivity index (χ2v) is 8.90. The Morgan fingerprint density at radius 1 is 0.828 bits per heavy atom. The molecule has 0 bridgehead atoms. The molecule has 6 heteroatoms. The Kier molecular flexibility index (Phi) is 7.04. The molecule has 0 fully saturated rings. The quantitative estimate of drug-likeness (QED) is 0.563. The van der Waals surface area contributed by atoms with Crippen LogP contribution in [-0.2, 0) is 23.1 Å². The molecule has 0 aliphatic heterocycles. The molecule has 0 radical (unpaired) electrons. The van der Waals surface area contributed by atoms with E-state index >= 15 is 0 Å². The van der Waals surface area contributed by atoms with Gasteiger partial charge in [0.25, 0.3) is 0 Å². The van der Waals surface area contributed by atoms with E-state index in [2.05, 4.69) is 33.9 Å². The molecule has 0 heterocycles. The largest absolute Gasteiger partial charge is 0.387 e. The zero-order valence-electron chi connectivity index (χ0n) is 16.4. The van der Waals surface area contributed by atoms with Gasteiger partial charge in [0.2, 0.25) is 10.0 Å². The van der Waals surface area contributed by atoms with Gasteiger partial charge in [0.05, 0.1) is 12.4 Å². The Morgan fingerprint density at radius 2 is 1.31 bits per heavy atom. The summed E-state index contributed by atoms with van der Waals surface area (Å²) in [5, 5.41) is 10.8. The summed E-state index contributed by atoms with van der Waals surface area (Å²) in [6.45, 7) is 1.91. The first-order valence-corrected chi connectivity index (χ1v) is 11.3. The zero-order valence-corrected chi connectivity index (χ0v) is 17.2. The molecule has 0 spiro atoms. The number of sulfonamides is 1. The van der Waals surface area contributed by atoms with Crippen molar-refractivity contribution in [2.75, 3.05) is 17.5 Å². The van der Waals surface area contributed by atoms with Crippen molar-refractivity contribution in [3.8, 4) is 0 Å². The predicted octanol–water partition coefficient (Wildman–Crippen LogP) is 3.79. The van der Waals surface area contributed by atoms with Gasteiger partial charge >= 0.3 is 0 Å². The van der Waals surface area contributed by atoms with E-state index in [1.807, 2.05) is 36.4 Å². The van der Waals surface area contributed by atoms with Gasteiger partial charge in [-0.1, -0.05) is 72.8 Å². The molecular weight excluding hydrogens is 384 g/mol. The average Bonchev–Trinajstić information content (AvgIpc) is 2.69. The topological polar surface area (TPSA) is 69.6 Å². The number of nitrogens with zero attached hydrogens (tertiary/aromatic N) is 1. The maximum absolute atomic E-state index is 11.3. The van der Waals surface area contributed by atoms with Crippen LogP contribution in [-0.4, -0.2) is 31.2 Å². The zero-order chi connectivity index (χ0) is 20.7. The van der Waals surface area contributed by atoms with Gasteiger partial charge in [-0.25, -0.2) is 8.42 Å².